The van der Waals surface area contributed by atoms with Crippen molar-refractivity contribution in [1.29, 1.82) is 0 Å². The third kappa shape index (κ3) is 5.42. The molecule has 1 aliphatic heterocycles. The quantitative estimate of drug-likeness (QED) is 0.402. The second-order valence-electron chi connectivity index (χ2n) is 7.21. The standard InChI is InChI=1S/C17H31NO2Si/c1-6-8-10-14-12-16(19)18(11-9-7-2)17(20)15(14)13-21(3,4)5/h13-14H,6-12H2,1-5H3/b15-13+. The number of carbonyl (C=O) groups excluding carboxylic acids is 2. The van der Waals surface area contributed by atoms with Crippen molar-refractivity contribution in [1.82, 2.24) is 4.90 Å². The summed E-state index contributed by atoms with van der Waals surface area (Å²) in [4.78, 5) is 26.5. The third-order valence-corrected chi connectivity index (χ3v) is 5.06. The first kappa shape index (κ1) is 18.1. The van der Waals surface area contributed by atoms with Gasteiger partial charge in [0.15, 0.2) is 0 Å². The number of unbranched alkanes of at least 4 members (excludes halogenated alkanes) is 2. The molecule has 3 nitrogen and oxygen atoms in total. The lowest BCUT2D eigenvalue weighted by atomic mass is 9.86. The van der Waals surface area contributed by atoms with Gasteiger partial charge < -0.3 is 0 Å². The van der Waals surface area contributed by atoms with Crippen LogP contribution in [0.3, 0.4) is 0 Å². The summed E-state index contributed by atoms with van der Waals surface area (Å²) in [5, 5.41) is 0. The topological polar surface area (TPSA) is 37.4 Å². The van der Waals surface area contributed by atoms with Crippen molar-refractivity contribution in [2.24, 2.45) is 5.92 Å². The van der Waals surface area contributed by atoms with E-state index in [1.165, 1.54) is 4.90 Å². The van der Waals surface area contributed by atoms with Gasteiger partial charge in [-0.2, -0.15) is 0 Å². The van der Waals surface area contributed by atoms with Gasteiger partial charge in [-0.3, -0.25) is 14.5 Å². The maximum Gasteiger partial charge on any atom is 0.255 e. The molecule has 0 spiro atoms. The largest absolute Gasteiger partial charge is 0.279 e. The molecule has 0 bridgehead atoms. The summed E-state index contributed by atoms with van der Waals surface area (Å²) in [6.07, 6.45) is 5.58. The first-order valence-corrected chi connectivity index (χ1v) is 11.9. The van der Waals surface area contributed by atoms with Crippen LogP contribution in [0.4, 0.5) is 0 Å². The molecule has 0 aliphatic carbocycles. The van der Waals surface area contributed by atoms with E-state index in [9.17, 15) is 9.59 Å². The Labute approximate surface area is 130 Å². The van der Waals surface area contributed by atoms with Crippen LogP contribution in [0.5, 0.6) is 0 Å². The zero-order valence-corrected chi connectivity index (χ0v) is 15.4. The third-order valence-electron chi connectivity index (χ3n) is 3.88. The zero-order valence-electron chi connectivity index (χ0n) is 14.4. The Balaban J connectivity index is 3.01. The summed E-state index contributed by atoms with van der Waals surface area (Å²) in [5.41, 5.74) is 3.15. The molecule has 21 heavy (non-hydrogen) atoms. The molecule has 0 aromatic carbocycles. The van der Waals surface area contributed by atoms with Crippen LogP contribution in [-0.2, 0) is 9.59 Å². The molecule has 1 unspecified atom stereocenters. The average molecular weight is 310 g/mol. The Kier molecular flexibility index (Phi) is 6.85. The molecule has 0 N–H and O–H groups in total. The summed E-state index contributed by atoms with van der Waals surface area (Å²) in [6.45, 7) is 11.6. The minimum Gasteiger partial charge on any atom is -0.279 e. The van der Waals surface area contributed by atoms with Crippen molar-refractivity contribution in [3.05, 3.63) is 11.3 Å². The molecule has 1 atom stereocenters. The first-order valence-electron chi connectivity index (χ1n) is 8.37. The second-order valence-corrected chi connectivity index (χ2v) is 12.2. The van der Waals surface area contributed by atoms with Crippen LogP contribution >= 0.6 is 0 Å². The monoisotopic (exact) mass is 309 g/mol. The van der Waals surface area contributed by atoms with E-state index in [1.807, 2.05) is 0 Å². The molecule has 120 valence electrons. The van der Waals surface area contributed by atoms with E-state index in [2.05, 4.69) is 39.2 Å². The van der Waals surface area contributed by atoms with Gasteiger partial charge in [0.05, 0.1) is 8.07 Å². The molecule has 1 aliphatic rings. The van der Waals surface area contributed by atoms with Gasteiger partial charge in [-0.05, 0) is 18.8 Å². The summed E-state index contributed by atoms with van der Waals surface area (Å²) in [7, 11) is -1.47. The Bertz CT molecular complexity index is 410. The minimum atomic E-state index is -1.47. The number of likely N-dealkylation sites (tertiary alicyclic amines) is 1. The van der Waals surface area contributed by atoms with Gasteiger partial charge in [-0.1, -0.05) is 58.5 Å². The van der Waals surface area contributed by atoms with Crippen molar-refractivity contribution < 1.29 is 9.59 Å². The lowest BCUT2D eigenvalue weighted by molar-refractivity contribution is -0.146. The zero-order chi connectivity index (χ0) is 16.0. The van der Waals surface area contributed by atoms with Gasteiger partial charge in [-0.15, -0.1) is 0 Å². The van der Waals surface area contributed by atoms with E-state index in [1.54, 1.807) is 0 Å². The molecule has 0 aromatic rings. The number of piperidine rings is 1. The highest BCUT2D eigenvalue weighted by Gasteiger charge is 2.36. The summed E-state index contributed by atoms with van der Waals surface area (Å²) >= 11 is 0. The van der Waals surface area contributed by atoms with E-state index < -0.39 is 8.07 Å². The van der Waals surface area contributed by atoms with Gasteiger partial charge >= 0.3 is 0 Å². The van der Waals surface area contributed by atoms with Gasteiger partial charge in [0, 0.05) is 18.5 Å². The van der Waals surface area contributed by atoms with Crippen molar-refractivity contribution in [3.63, 3.8) is 0 Å². The van der Waals surface area contributed by atoms with Crippen molar-refractivity contribution in [2.45, 2.75) is 72.0 Å². The van der Waals surface area contributed by atoms with Crippen molar-refractivity contribution in [3.8, 4) is 0 Å². The smallest absolute Gasteiger partial charge is 0.255 e. The van der Waals surface area contributed by atoms with E-state index in [-0.39, 0.29) is 17.7 Å². The fourth-order valence-electron chi connectivity index (χ4n) is 2.77. The maximum atomic E-state index is 12.8. The van der Waals surface area contributed by atoms with Gasteiger partial charge in [-0.25, -0.2) is 0 Å². The van der Waals surface area contributed by atoms with Gasteiger partial charge in [0.25, 0.3) is 5.91 Å². The number of rotatable bonds is 7. The van der Waals surface area contributed by atoms with Gasteiger partial charge in [0.1, 0.15) is 0 Å². The lowest BCUT2D eigenvalue weighted by Gasteiger charge is -2.33. The highest BCUT2D eigenvalue weighted by Crippen LogP contribution is 2.31. The first-order chi connectivity index (χ1) is 9.80. The van der Waals surface area contributed by atoms with E-state index in [0.29, 0.717) is 13.0 Å². The second kappa shape index (κ2) is 7.92. The predicted octanol–water partition coefficient (Wildman–Crippen LogP) is 4.16. The van der Waals surface area contributed by atoms with Crippen LogP contribution in [0.15, 0.2) is 11.3 Å². The molecule has 0 saturated carbocycles. The van der Waals surface area contributed by atoms with E-state index in [4.69, 9.17) is 0 Å². The van der Waals surface area contributed by atoms with Crippen LogP contribution in [0.25, 0.3) is 0 Å². The Morgan fingerprint density at radius 3 is 2.29 bits per heavy atom. The van der Waals surface area contributed by atoms with E-state index >= 15 is 0 Å². The van der Waals surface area contributed by atoms with Crippen molar-refractivity contribution >= 4 is 19.9 Å². The van der Waals surface area contributed by atoms with Crippen LogP contribution in [0, 0.1) is 5.92 Å². The molecule has 0 aromatic heterocycles. The molecule has 4 heteroatoms. The minimum absolute atomic E-state index is 0.0109. The number of hydrogen-bond donors (Lipinski definition) is 0. The Morgan fingerprint density at radius 1 is 1.14 bits per heavy atom. The number of nitrogens with zero attached hydrogens (tertiary/aromatic N) is 1. The normalized spacial score (nSPS) is 22.2. The highest BCUT2D eigenvalue weighted by molar-refractivity contribution is 6.81. The van der Waals surface area contributed by atoms with Crippen LogP contribution in [-0.4, -0.2) is 31.3 Å². The van der Waals surface area contributed by atoms with Crippen molar-refractivity contribution in [2.75, 3.05) is 6.54 Å². The summed E-state index contributed by atoms with van der Waals surface area (Å²) in [6, 6.07) is 0. The number of hydrogen-bond acceptors (Lipinski definition) is 2. The lowest BCUT2D eigenvalue weighted by Crippen LogP contribution is -2.46. The highest BCUT2D eigenvalue weighted by atomic mass is 28.3. The summed E-state index contributed by atoms with van der Waals surface area (Å²) < 4.78 is 0. The molecular weight excluding hydrogens is 278 g/mol. The molecule has 2 amide bonds. The molecule has 1 rings (SSSR count). The number of carbonyl (C=O) groups is 2. The van der Waals surface area contributed by atoms with E-state index in [0.717, 1.165) is 37.7 Å². The molecule has 1 heterocycles. The SMILES string of the molecule is CCCCC1CC(=O)N(CCCC)C(=O)/C1=C/[Si](C)(C)C. The average Bonchev–Trinajstić information content (AvgIpc) is 2.39. The summed E-state index contributed by atoms with van der Waals surface area (Å²) in [5.74, 6) is 0.167. The predicted molar refractivity (Wildman–Crippen MR) is 90.7 cm³/mol. The molecule has 1 fully saturated rings. The van der Waals surface area contributed by atoms with Gasteiger partial charge in [0.2, 0.25) is 5.91 Å². The molecule has 1 saturated heterocycles. The Hall–Kier alpha value is -0.903. The van der Waals surface area contributed by atoms with Crippen LogP contribution < -0.4 is 0 Å². The maximum absolute atomic E-state index is 12.8. The van der Waals surface area contributed by atoms with Crippen LogP contribution in [0.1, 0.15) is 52.4 Å². The number of imide groups is 1. The van der Waals surface area contributed by atoms with Crippen LogP contribution in [0.2, 0.25) is 19.6 Å². The fraction of sp³-hybridized carbons (Fsp3) is 0.765. The molecular formula is C17H31NO2Si. The molecule has 0 radical (unpaired) electrons. The fourth-order valence-corrected chi connectivity index (χ4v) is 4.06. The number of amides is 2. The Morgan fingerprint density at radius 2 is 1.76 bits per heavy atom.